The zero-order valence-corrected chi connectivity index (χ0v) is 10.3. The normalized spacial score (nSPS) is 20.7. The topological polar surface area (TPSA) is 69.8 Å². The highest BCUT2D eigenvalue weighted by Gasteiger charge is 2.32. The molecule has 0 fully saturated rings. The van der Waals surface area contributed by atoms with Gasteiger partial charge in [0, 0.05) is 19.0 Å². The number of fused-ring (bicyclic) bond motifs is 1. The average molecular weight is 276 g/mol. The van der Waals surface area contributed by atoms with E-state index in [2.05, 4.69) is 20.6 Å². The van der Waals surface area contributed by atoms with Gasteiger partial charge in [0.1, 0.15) is 0 Å². The Morgan fingerprint density at radius 2 is 2.37 bits per heavy atom. The summed E-state index contributed by atoms with van der Waals surface area (Å²) in [5.41, 5.74) is 1.69. The number of hydrogen-bond donors (Lipinski definition) is 3. The molecule has 2 unspecified atom stereocenters. The second-order valence-corrected chi connectivity index (χ2v) is 4.69. The lowest BCUT2D eigenvalue weighted by Crippen LogP contribution is -2.50. The molecule has 0 aromatic carbocycles. The van der Waals surface area contributed by atoms with E-state index in [0.717, 1.165) is 11.4 Å². The van der Waals surface area contributed by atoms with Gasteiger partial charge in [-0.2, -0.15) is 13.2 Å². The van der Waals surface area contributed by atoms with Gasteiger partial charge in [0.15, 0.2) is 0 Å². The summed E-state index contributed by atoms with van der Waals surface area (Å²) in [6, 6.07) is -1.47. The number of amides is 1. The van der Waals surface area contributed by atoms with E-state index in [1.807, 2.05) is 0 Å². The molecular formula is C11H15F3N4O. The van der Waals surface area contributed by atoms with E-state index in [0.29, 0.717) is 13.0 Å². The van der Waals surface area contributed by atoms with Crippen LogP contribution in [0.5, 0.6) is 0 Å². The van der Waals surface area contributed by atoms with E-state index in [9.17, 15) is 18.0 Å². The number of hydrogen-bond acceptors (Lipinski definition) is 3. The van der Waals surface area contributed by atoms with E-state index >= 15 is 0 Å². The third kappa shape index (κ3) is 3.69. The van der Waals surface area contributed by atoms with Crippen LogP contribution in [0.15, 0.2) is 6.33 Å². The Labute approximate surface area is 108 Å². The molecule has 0 saturated carbocycles. The van der Waals surface area contributed by atoms with Gasteiger partial charge in [0.2, 0.25) is 5.91 Å². The van der Waals surface area contributed by atoms with Crippen molar-refractivity contribution in [2.45, 2.75) is 44.6 Å². The molecule has 19 heavy (non-hydrogen) atoms. The van der Waals surface area contributed by atoms with Crippen LogP contribution in [0.2, 0.25) is 0 Å². The quantitative estimate of drug-likeness (QED) is 0.767. The maximum absolute atomic E-state index is 12.2. The van der Waals surface area contributed by atoms with E-state index in [4.69, 9.17) is 0 Å². The zero-order valence-electron chi connectivity index (χ0n) is 10.3. The summed E-state index contributed by atoms with van der Waals surface area (Å²) in [5.74, 6) is -0.426. The van der Waals surface area contributed by atoms with Gasteiger partial charge in [-0.3, -0.25) is 10.1 Å². The second kappa shape index (κ2) is 5.20. The summed E-state index contributed by atoms with van der Waals surface area (Å²) in [6.07, 6.45) is -3.39. The van der Waals surface area contributed by atoms with E-state index in [-0.39, 0.29) is 0 Å². The fourth-order valence-electron chi connectivity index (χ4n) is 2.10. The van der Waals surface area contributed by atoms with E-state index in [1.165, 1.54) is 6.92 Å². The molecule has 8 heteroatoms. The number of carbonyl (C=O) groups excluding carboxylic acids is 1. The predicted molar refractivity (Wildman–Crippen MR) is 61.2 cm³/mol. The first kappa shape index (κ1) is 13.9. The Balaban J connectivity index is 1.88. The average Bonchev–Trinajstić information content (AvgIpc) is 2.72. The summed E-state index contributed by atoms with van der Waals surface area (Å²) in [5, 5.41) is 5.33. The molecule has 0 saturated heterocycles. The van der Waals surface area contributed by atoms with Gasteiger partial charge in [-0.05, 0) is 6.92 Å². The molecule has 0 radical (unpaired) electrons. The monoisotopic (exact) mass is 276 g/mol. The molecule has 0 aliphatic carbocycles. The summed E-state index contributed by atoms with van der Waals surface area (Å²) in [6.45, 7) is 1.80. The van der Waals surface area contributed by atoms with Crippen molar-refractivity contribution in [3.8, 4) is 0 Å². The first-order chi connectivity index (χ1) is 8.85. The van der Waals surface area contributed by atoms with Crippen molar-refractivity contribution in [1.29, 1.82) is 0 Å². The van der Waals surface area contributed by atoms with Crippen LogP contribution in [-0.4, -0.2) is 34.1 Å². The van der Waals surface area contributed by atoms with Crippen molar-refractivity contribution < 1.29 is 18.0 Å². The maximum atomic E-state index is 12.2. The highest BCUT2D eigenvalue weighted by molar-refractivity contribution is 5.82. The van der Waals surface area contributed by atoms with Crippen LogP contribution in [0.4, 0.5) is 13.2 Å². The highest BCUT2D eigenvalue weighted by Crippen LogP contribution is 2.21. The van der Waals surface area contributed by atoms with Crippen LogP contribution in [0, 0.1) is 0 Å². The molecule has 1 aliphatic rings. The number of halogens is 3. The lowest BCUT2D eigenvalue weighted by atomic mass is 10.0. The number of H-pyrrole nitrogens is 1. The van der Waals surface area contributed by atoms with Crippen LogP contribution in [-0.2, 0) is 17.8 Å². The molecule has 1 aromatic rings. The smallest absolute Gasteiger partial charge is 0.352 e. The Morgan fingerprint density at radius 1 is 1.63 bits per heavy atom. The number of nitrogens with one attached hydrogen (secondary N) is 3. The Hall–Kier alpha value is -1.57. The second-order valence-electron chi connectivity index (χ2n) is 4.69. The lowest BCUT2D eigenvalue weighted by molar-refractivity contribution is -0.141. The molecular weight excluding hydrogens is 261 g/mol. The van der Waals surface area contributed by atoms with Gasteiger partial charge in [-0.15, -0.1) is 0 Å². The lowest BCUT2D eigenvalue weighted by Gasteiger charge is -2.24. The first-order valence-corrected chi connectivity index (χ1v) is 5.97. The van der Waals surface area contributed by atoms with Crippen molar-refractivity contribution in [2.75, 3.05) is 0 Å². The third-order valence-corrected chi connectivity index (χ3v) is 2.97. The molecule has 106 valence electrons. The SMILES string of the molecule is CC(CC(F)(F)F)NC(=O)C1Cc2nc[nH]c2CN1. The molecule has 1 aromatic heterocycles. The Bertz CT molecular complexity index is 457. The fraction of sp³-hybridized carbons (Fsp3) is 0.636. The fourth-order valence-corrected chi connectivity index (χ4v) is 2.10. The minimum Gasteiger partial charge on any atom is -0.352 e. The van der Waals surface area contributed by atoms with Gasteiger partial charge in [0.05, 0.1) is 30.2 Å². The van der Waals surface area contributed by atoms with Gasteiger partial charge in [-0.25, -0.2) is 4.98 Å². The number of rotatable bonds is 3. The van der Waals surface area contributed by atoms with Crippen molar-refractivity contribution in [1.82, 2.24) is 20.6 Å². The van der Waals surface area contributed by atoms with Gasteiger partial charge in [0.25, 0.3) is 0 Å². The van der Waals surface area contributed by atoms with Gasteiger partial charge < -0.3 is 10.3 Å². The van der Waals surface area contributed by atoms with Crippen molar-refractivity contribution >= 4 is 5.91 Å². The predicted octanol–water partition coefficient (Wildman–Crippen LogP) is 0.881. The van der Waals surface area contributed by atoms with Crippen molar-refractivity contribution in [2.24, 2.45) is 0 Å². The van der Waals surface area contributed by atoms with Crippen LogP contribution >= 0.6 is 0 Å². The number of imidazole rings is 1. The first-order valence-electron chi connectivity index (χ1n) is 5.97. The van der Waals surface area contributed by atoms with Crippen LogP contribution < -0.4 is 10.6 Å². The highest BCUT2D eigenvalue weighted by atomic mass is 19.4. The molecule has 2 rings (SSSR count). The largest absolute Gasteiger partial charge is 0.391 e. The van der Waals surface area contributed by atoms with Crippen LogP contribution in [0.3, 0.4) is 0 Å². The number of nitrogens with zero attached hydrogens (tertiary/aromatic N) is 1. The van der Waals surface area contributed by atoms with Crippen molar-refractivity contribution in [3.05, 3.63) is 17.7 Å². The minimum atomic E-state index is -4.28. The third-order valence-electron chi connectivity index (χ3n) is 2.97. The number of alkyl halides is 3. The molecule has 3 N–H and O–H groups in total. The van der Waals surface area contributed by atoms with Gasteiger partial charge >= 0.3 is 6.18 Å². The molecule has 1 amide bonds. The standard InChI is InChI=1S/C11H15F3N4O/c1-6(3-11(12,13)14)18-10(19)8-2-7-9(4-15-8)17-5-16-7/h5-6,8,15H,2-4H2,1H3,(H,16,17)(H,18,19). The number of aromatic nitrogens is 2. The summed E-state index contributed by atoms with van der Waals surface area (Å²) in [7, 11) is 0. The molecule has 1 aliphatic heterocycles. The zero-order chi connectivity index (χ0) is 14.0. The Kier molecular flexibility index (Phi) is 3.79. The number of aromatic amines is 1. The summed E-state index contributed by atoms with van der Waals surface area (Å²) >= 11 is 0. The van der Waals surface area contributed by atoms with Crippen LogP contribution in [0.25, 0.3) is 0 Å². The molecule has 0 bridgehead atoms. The summed E-state index contributed by atoms with van der Waals surface area (Å²) in [4.78, 5) is 18.9. The minimum absolute atomic E-state index is 0.378. The maximum Gasteiger partial charge on any atom is 0.391 e. The Morgan fingerprint density at radius 3 is 3.05 bits per heavy atom. The van der Waals surface area contributed by atoms with Crippen molar-refractivity contribution in [3.63, 3.8) is 0 Å². The number of carbonyl (C=O) groups is 1. The molecule has 5 nitrogen and oxygen atoms in total. The van der Waals surface area contributed by atoms with E-state index in [1.54, 1.807) is 6.33 Å². The van der Waals surface area contributed by atoms with E-state index < -0.39 is 30.6 Å². The molecule has 2 atom stereocenters. The van der Waals surface area contributed by atoms with Gasteiger partial charge in [-0.1, -0.05) is 0 Å². The summed E-state index contributed by atoms with van der Waals surface area (Å²) < 4.78 is 36.5. The van der Waals surface area contributed by atoms with Crippen LogP contribution in [0.1, 0.15) is 24.7 Å². The molecule has 2 heterocycles. The molecule has 0 spiro atoms.